The zero-order chi connectivity index (χ0) is 46.0. The van der Waals surface area contributed by atoms with Crippen molar-refractivity contribution in [3.05, 3.63) is 149 Å². The maximum absolute atomic E-state index is 12.4. The van der Waals surface area contributed by atoms with Crippen molar-refractivity contribution in [1.82, 2.24) is 30.6 Å². The van der Waals surface area contributed by atoms with Gasteiger partial charge in [0.05, 0.1) is 60.7 Å². The Morgan fingerprint density at radius 1 is 0.531 bits per heavy atom. The molecule has 0 aliphatic heterocycles. The van der Waals surface area contributed by atoms with E-state index in [0.717, 1.165) is 11.1 Å². The second kappa shape index (κ2) is 23.6. The summed E-state index contributed by atoms with van der Waals surface area (Å²) in [6.07, 6.45) is 3.20. The number of hydrogen-bond acceptors (Lipinski definition) is 13. The fourth-order valence-electron chi connectivity index (χ4n) is 5.95. The molecule has 64 heavy (non-hydrogen) atoms. The van der Waals surface area contributed by atoms with E-state index in [1.807, 2.05) is 86.6 Å². The molecule has 2 heterocycles. The first kappa shape index (κ1) is 47.4. The highest BCUT2D eigenvalue weighted by molar-refractivity contribution is 6.33. The van der Waals surface area contributed by atoms with Gasteiger partial charge in [-0.25, -0.2) is 9.97 Å². The minimum atomic E-state index is -0.215. The van der Waals surface area contributed by atoms with Crippen LogP contribution in [0.3, 0.4) is 0 Å². The monoisotopic (exact) mass is 902 g/mol. The molecule has 7 aromatic rings. The normalized spacial score (nSPS) is 10.1. The maximum atomic E-state index is 12.4. The van der Waals surface area contributed by atoms with Crippen molar-refractivity contribution in [1.29, 1.82) is 0 Å². The summed E-state index contributed by atoms with van der Waals surface area (Å²) in [4.78, 5) is 42.2. The molecule has 7 rings (SSSR count). The van der Waals surface area contributed by atoms with Gasteiger partial charge in [0.25, 0.3) is 11.8 Å². The molecule has 0 aliphatic rings. The fourth-order valence-corrected chi connectivity index (χ4v) is 6.27. The first-order valence-corrected chi connectivity index (χ1v) is 20.6. The van der Waals surface area contributed by atoms with Crippen molar-refractivity contribution in [3.63, 3.8) is 0 Å². The zero-order valence-corrected chi connectivity index (χ0v) is 37.7. The Bertz CT molecular complexity index is 2650. The highest BCUT2D eigenvalue weighted by atomic mass is 35.5. The molecule has 5 aromatic carbocycles. The van der Waals surface area contributed by atoms with Crippen molar-refractivity contribution < 1.29 is 23.8 Å². The van der Waals surface area contributed by atoms with Gasteiger partial charge >= 0.3 is 0 Å². The molecule has 0 aliphatic carbocycles. The standard InChI is InChI=1S/C27H27N5O4.C18H15Cl2N5O.C2H6/c1-28-26(33)19-12-8-9-13-21(19)31-25-20(17-10-6-5-7-11-17)16-29-27(32-25)30-18-14-22(34-2)24(36-4)23(15-18)35-3;1-21-17(26)11-6-2-4-8-14(11)23-16-13(20)10-22-18(25-16)24-15-9-5-3-7-12(15)19;1-2/h5-16H,1-4H3,(H,28,33)(H2,29,30,31,32);2-10H,1H3,(H,21,26)(H2,22,23,24,25);1-2H3. The number of hydrogen-bond donors (Lipinski definition) is 6. The smallest absolute Gasteiger partial charge is 0.253 e. The van der Waals surface area contributed by atoms with E-state index in [2.05, 4.69) is 46.9 Å². The molecule has 0 saturated heterocycles. The van der Waals surface area contributed by atoms with Crippen LogP contribution in [0.1, 0.15) is 34.6 Å². The van der Waals surface area contributed by atoms with E-state index in [1.165, 1.54) is 6.20 Å². The summed E-state index contributed by atoms with van der Waals surface area (Å²) in [7, 11) is 7.82. The van der Waals surface area contributed by atoms with Crippen LogP contribution in [0, 0.1) is 0 Å². The molecule has 6 N–H and O–H groups in total. The third-order valence-electron chi connectivity index (χ3n) is 8.96. The number of rotatable bonds is 14. The first-order valence-electron chi connectivity index (χ1n) is 19.9. The van der Waals surface area contributed by atoms with Gasteiger partial charge in [-0.15, -0.1) is 0 Å². The predicted octanol–water partition coefficient (Wildman–Crippen LogP) is 10.7. The Labute approximate surface area is 382 Å². The number of para-hydroxylation sites is 3. The number of aromatic nitrogens is 4. The Balaban J connectivity index is 0.000000243. The Kier molecular flexibility index (Phi) is 17.5. The second-order valence-corrected chi connectivity index (χ2v) is 13.7. The van der Waals surface area contributed by atoms with Gasteiger partial charge < -0.3 is 46.1 Å². The van der Waals surface area contributed by atoms with Crippen LogP contribution in [0.15, 0.2) is 128 Å². The molecule has 2 amide bonds. The number of benzene rings is 5. The molecular formula is C47H48Cl2N10O5. The van der Waals surface area contributed by atoms with Crippen molar-refractivity contribution >= 4 is 81.3 Å². The summed E-state index contributed by atoms with van der Waals surface area (Å²) in [5.41, 5.74) is 5.20. The Hall–Kier alpha value is -7.62. The van der Waals surface area contributed by atoms with Gasteiger partial charge in [0.1, 0.15) is 10.8 Å². The van der Waals surface area contributed by atoms with Crippen LogP contribution >= 0.6 is 23.2 Å². The van der Waals surface area contributed by atoms with Crippen LogP contribution in [0.4, 0.5) is 46.3 Å². The second-order valence-electron chi connectivity index (χ2n) is 12.9. The molecule has 0 unspecified atom stereocenters. The van der Waals surface area contributed by atoms with Gasteiger partial charge in [0.2, 0.25) is 17.6 Å². The van der Waals surface area contributed by atoms with Crippen LogP contribution in [0.25, 0.3) is 11.1 Å². The molecule has 330 valence electrons. The first-order chi connectivity index (χ1) is 31.2. The van der Waals surface area contributed by atoms with Crippen LogP contribution in [0.2, 0.25) is 10.0 Å². The van der Waals surface area contributed by atoms with Crippen molar-refractivity contribution in [2.75, 3.05) is 56.7 Å². The van der Waals surface area contributed by atoms with E-state index in [9.17, 15) is 9.59 Å². The van der Waals surface area contributed by atoms with Gasteiger partial charge in [-0.3, -0.25) is 9.59 Å². The Morgan fingerprint density at radius 2 is 1.02 bits per heavy atom. The maximum Gasteiger partial charge on any atom is 0.253 e. The van der Waals surface area contributed by atoms with Gasteiger partial charge in [0, 0.05) is 43.7 Å². The topological polar surface area (TPSA) is 186 Å². The van der Waals surface area contributed by atoms with Crippen LogP contribution in [-0.4, -0.2) is 67.2 Å². The Morgan fingerprint density at radius 3 is 1.56 bits per heavy atom. The summed E-state index contributed by atoms with van der Waals surface area (Å²) in [5, 5.41) is 18.8. The van der Waals surface area contributed by atoms with Gasteiger partial charge in [-0.2, -0.15) is 9.97 Å². The van der Waals surface area contributed by atoms with E-state index in [4.69, 9.17) is 42.4 Å². The molecule has 0 spiro atoms. The molecule has 2 aromatic heterocycles. The number of nitrogens with one attached hydrogen (secondary N) is 6. The summed E-state index contributed by atoms with van der Waals surface area (Å²) in [5.74, 6) is 2.62. The lowest BCUT2D eigenvalue weighted by Crippen LogP contribution is -2.19. The summed E-state index contributed by atoms with van der Waals surface area (Å²) in [6.45, 7) is 4.00. The summed E-state index contributed by atoms with van der Waals surface area (Å²) in [6, 6.07) is 34.9. The van der Waals surface area contributed by atoms with Crippen LogP contribution in [0.5, 0.6) is 17.2 Å². The number of halogens is 2. The zero-order valence-electron chi connectivity index (χ0n) is 36.2. The highest BCUT2D eigenvalue weighted by Gasteiger charge is 2.18. The van der Waals surface area contributed by atoms with Crippen LogP contribution in [-0.2, 0) is 0 Å². The molecule has 0 atom stereocenters. The van der Waals surface area contributed by atoms with Gasteiger partial charge in [0.15, 0.2) is 17.3 Å². The highest BCUT2D eigenvalue weighted by Crippen LogP contribution is 2.41. The largest absolute Gasteiger partial charge is 0.493 e. The molecule has 17 heteroatoms. The van der Waals surface area contributed by atoms with Crippen molar-refractivity contribution in [2.45, 2.75) is 13.8 Å². The van der Waals surface area contributed by atoms with E-state index >= 15 is 0 Å². The predicted molar refractivity (Wildman–Crippen MR) is 256 cm³/mol. The third kappa shape index (κ3) is 12.1. The van der Waals surface area contributed by atoms with Crippen molar-refractivity contribution in [2.24, 2.45) is 0 Å². The fraction of sp³-hybridized carbons (Fsp3) is 0.149. The molecule has 0 saturated carbocycles. The molecule has 0 bridgehead atoms. The minimum Gasteiger partial charge on any atom is -0.493 e. The number of anilines is 8. The van der Waals surface area contributed by atoms with E-state index < -0.39 is 0 Å². The number of amides is 2. The number of carbonyl (C=O) groups is 2. The lowest BCUT2D eigenvalue weighted by molar-refractivity contribution is 0.0956. The van der Waals surface area contributed by atoms with E-state index in [-0.39, 0.29) is 11.8 Å². The lowest BCUT2D eigenvalue weighted by atomic mass is 10.1. The molecule has 0 radical (unpaired) electrons. The number of methoxy groups -OCH3 is 3. The molecule has 0 fully saturated rings. The number of ether oxygens (including phenoxy) is 3. The third-order valence-corrected chi connectivity index (χ3v) is 9.57. The lowest BCUT2D eigenvalue weighted by Gasteiger charge is -2.17. The average molecular weight is 904 g/mol. The number of nitrogens with zero attached hydrogens (tertiary/aromatic N) is 4. The number of carbonyl (C=O) groups excluding carboxylic acids is 2. The van der Waals surface area contributed by atoms with E-state index in [0.29, 0.717) is 84.7 Å². The van der Waals surface area contributed by atoms with Crippen molar-refractivity contribution in [3.8, 4) is 28.4 Å². The summed E-state index contributed by atoms with van der Waals surface area (Å²) < 4.78 is 16.3. The van der Waals surface area contributed by atoms with Gasteiger partial charge in [-0.05, 0) is 42.0 Å². The minimum absolute atomic E-state index is 0.204. The SMILES string of the molecule is CC.CNC(=O)c1ccccc1Nc1nc(Nc2cc(OC)c(OC)c(OC)c2)ncc1-c1ccccc1.CNC(=O)c1ccccc1Nc1nc(Nc2ccccc2Cl)ncc1Cl. The average Bonchev–Trinajstić information content (AvgIpc) is 3.34. The molecule has 15 nitrogen and oxygen atoms in total. The molecular weight excluding hydrogens is 855 g/mol. The van der Waals surface area contributed by atoms with Crippen LogP contribution < -0.4 is 46.1 Å². The van der Waals surface area contributed by atoms with Gasteiger partial charge in [-0.1, -0.05) is 104 Å². The quantitative estimate of drug-likeness (QED) is 0.0606. The summed E-state index contributed by atoms with van der Waals surface area (Å²) >= 11 is 12.3. The van der Waals surface area contributed by atoms with E-state index in [1.54, 1.807) is 84.1 Å².